The van der Waals surface area contributed by atoms with Gasteiger partial charge in [0.1, 0.15) is 11.4 Å². The standard InChI is InChI=1S/C36H43N7O3/c1-22-10-12-28-26(19-38-43(28)29-9-7-8-14-45-29)30(22)32-31(23-11-13-27-24(15-23)18-37-41(27)6)39-33(40(32)5)25-16-36(17-25)20-42(21-36)34(44)46-35(2,3)4/h10-13,15,18-19,25,29H,7-9,14,16-17,20-21H2,1-6H3. The Bertz CT molecular complexity index is 1970. The van der Waals surface area contributed by atoms with Crippen LogP contribution in [0.2, 0.25) is 0 Å². The highest BCUT2D eigenvalue weighted by Gasteiger charge is 2.55. The van der Waals surface area contributed by atoms with Crippen LogP contribution in [0.5, 0.6) is 0 Å². The van der Waals surface area contributed by atoms with E-state index in [1.807, 2.05) is 49.8 Å². The molecule has 3 aromatic heterocycles. The number of amides is 1. The van der Waals surface area contributed by atoms with E-state index in [2.05, 4.69) is 58.7 Å². The molecule has 1 unspecified atom stereocenters. The summed E-state index contributed by atoms with van der Waals surface area (Å²) in [7, 11) is 4.14. The summed E-state index contributed by atoms with van der Waals surface area (Å²) in [5.41, 5.74) is 7.35. The molecule has 8 rings (SSSR count). The molecule has 0 N–H and O–H groups in total. The van der Waals surface area contributed by atoms with Gasteiger partial charge in [-0.3, -0.25) is 4.68 Å². The smallest absolute Gasteiger partial charge is 0.410 e. The lowest BCUT2D eigenvalue weighted by Crippen LogP contribution is -2.63. The van der Waals surface area contributed by atoms with Crippen molar-refractivity contribution in [2.45, 2.75) is 77.5 Å². The molecule has 1 spiro atoms. The number of nitrogens with zero attached hydrogens (tertiary/aromatic N) is 7. The number of ether oxygens (including phenoxy) is 2. The maximum atomic E-state index is 12.6. The van der Waals surface area contributed by atoms with Crippen molar-refractivity contribution >= 4 is 27.9 Å². The van der Waals surface area contributed by atoms with Gasteiger partial charge in [-0.2, -0.15) is 10.2 Å². The van der Waals surface area contributed by atoms with Crippen molar-refractivity contribution < 1.29 is 14.3 Å². The van der Waals surface area contributed by atoms with E-state index in [9.17, 15) is 4.79 Å². The van der Waals surface area contributed by atoms with Gasteiger partial charge >= 0.3 is 6.09 Å². The van der Waals surface area contributed by atoms with Crippen LogP contribution in [0.15, 0.2) is 42.7 Å². The van der Waals surface area contributed by atoms with Gasteiger partial charge < -0.3 is 18.9 Å². The normalized spacial score (nSPS) is 20.0. The molecule has 0 radical (unpaired) electrons. The van der Waals surface area contributed by atoms with Crippen LogP contribution >= 0.6 is 0 Å². The summed E-state index contributed by atoms with van der Waals surface area (Å²) >= 11 is 0. The third-order valence-electron chi connectivity index (χ3n) is 10.2. The van der Waals surface area contributed by atoms with E-state index < -0.39 is 5.60 Å². The molecule has 2 aromatic carbocycles. The zero-order valence-corrected chi connectivity index (χ0v) is 27.7. The number of benzene rings is 2. The summed E-state index contributed by atoms with van der Waals surface area (Å²) in [6, 6.07) is 10.9. The zero-order valence-electron chi connectivity index (χ0n) is 27.7. The Morgan fingerprint density at radius 3 is 2.54 bits per heavy atom. The SMILES string of the molecule is Cc1ccc2c(cnn2C2CCCCO2)c1-c1c(-c2ccc3c(cnn3C)c2)nc(C2CC3(C2)CN(C(=O)OC(C)(C)C)C3)n1C. The molecular formula is C36H43N7O3. The number of hydrogen-bond donors (Lipinski definition) is 0. The van der Waals surface area contributed by atoms with Crippen LogP contribution in [-0.4, -0.2) is 65.4 Å². The molecule has 240 valence electrons. The van der Waals surface area contributed by atoms with E-state index in [1.54, 1.807) is 0 Å². The Morgan fingerprint density at radius 2 is 1.80 bits per heavy atom. The van der Waals surface area contributed by atoms with E-state index in [4.69, 9.17) is 19.6 Å². The van der Waals surface area contributed by atoms with Crippen LogP contribution in [0, 0.1) is 12.3 Å². The molecule has 46 heavy (non-hydrogen) atoms. The molecule has 1 aliphatic carbocycles. The molecule has 3 aliphatic rings. The molecule has 3 fully saturated rings. The number of fused-ring (bicyclic) bond motifs is 2. The number of aromatic nitrogens is 6. The van der Waals surface area contributed by atoms with E-state index >= 15 is 0 Å². The summed E-state index contributed by atoms with van der Waals surface area (Å²) in [5.74, 6) is 1.41. The quantitative estimate of drug-likeness (QED) is 0.212. The largest absolute Gasteiger partial charge is 0.444 e. The van der Waals surface area contributed by atoms with Crippen molar-refractivity contribution in [3.63, 3.8) is 0 Å². The van der Waals surface area contributed by atoms with E-state index in [1.165, 1.54) is 5.56 Å². The van der Waals surface area contributed by atoms with Gasteiger partial charge in [0.05, 0.1) is 34.8 Å². The van der Waals surface area contributed by atoms with Crippen LogP contribution in [0.1, 0.15) is 76.4 Å². The zero-order chi connectivity index (χ0) is 32.0. The van der Waals surface area contributed by atoms with Crippen molar-refractivity contribution in [1.29, 1.82) is 0 Å². The van der Waals surface area contributed by atoms with Crippen molar-refractivity contribution in [2.24, 2.45) is 19.5 Å². The minimum Gasteiger partial charge on any atom is -0.444 e. The van der Waals surface area contributed by atoms with Gasteiger partial charge in [0, 0.05) is 67.0 Å². The monoisotopic (exact) mass is 621 g/mol. The number of hydrogen-bond acceptors (Lipinski definition) is 6. The van der Waals surface area contributed by atoms with Gasteiger partial charge in [-0.15, -0.1) is 0 Å². The Hall–Kier alpha value is -4.18. The first-order valence-electron chi connectivity index (χ1n) is 16.6. The molecule has 5 heterocycles. The molecule has 1 amide bonds. The molecule has 1 atom stereocenters. The lowest BCUT2D eigenvalue weighted by molar-refractivity contribution is -0.0800. The van der Waals surface area contributed by atoms with Crippen molar-refractivity contribution in [2.75, 3.05) is 19.7 Å². The highest BCUT2D eigenvalue weighted by atomic mass is 16.6. The van der Waals surface area contributed by atoms with Crippen molar-refractivity contribution in [3.8, 4) is 22.5 Å². The lowest BCUT2D eigenvalue weighted by atomic mass is 9.57. The van der Waals surface area contributed by atoms with Crippen molar-refractivity contribution in [3.05, 3.63) is 54.1 Å². The van der Waals surface area contributed by atoms with E-state index in [0.29, 0.717) is 5.92 Å². The third-order valence-corrected chi connectivity index (χ3v) is 10.2. The fraction of sp³-hybridized carbons (Fsp3) is 0.500. The summed E-state index contributed by atoms with van der Waals surface area (Å²) in [6.07, 6.45) is 8.93. The average Bonchev–Trinajstić information content (AvgIpc) is 3.67. The van der Waals surface area contributed by atoms with Crippen LogP contribution < -0.4 is 0 Å². The highest BCUT2D eigenvalue weighted by molar-refractivity contribution is 6.00. The van der Waals surface area contributed by atoms with Crippen LogP contribution in [0.4, 0.5) is 4.79 Å². The second-order valence-electron chi connectivity index (χ2n) is 14.8. The van der Waals surface area contributed by atoms with Gasteiger partial charge in [0.15, 0.2) is 6.23 Å². The Balaban J connectivity index is 1.18. The maximum Gasteiger partial charge on any atom is 0.410 e. The fourth-order valence-electron chi connectivity index (χ4n) is 8.02. The summed E-state index contributed by atoms with van der Waals surface area (Å²) in [5, 5.41) is 11.6. The predicted octanol–water partition coefficient (Wildman–Crippen LogP) is 7.11. The predicted molar refractivity (Wildman–Crippen MR) is 177 cm³/mol. The molecule has 10 heteroatoms. The van der Waals surface area contributed by atoms with Crippen molar-refractivity contribution in [1.82, 2.24) is 34.0 Å². The lowest BCUT2D eigenvalue weighted by Gasteiger charge is -2.58. The van der Waals surface area contributed by atoms with Crippen LogP contribution in [0.25, 0.3) is 44.3 Å². The summed E-state index contributed by atoms with van der Waals surface area (Å²) in [6.45, 7) is 10.2. The highest BCUT2D eigenvalue weighted by Crippen LogP contribution is 2.57. The molecule has 1 saturated carbocycles. The number of aryl methyl sites for hydroxylation is 2. The second kappa shape index (κ2) is 10.4. The average molecular weight is 622 g/mol. The maximum absolute atomic E-state index is 12.6. The number of carbonyl (C=O) groups is 1. The molecular weight excluding hydrogens is 578 g/mol. The number of likely N-dealkylation sites (tertiary alicyclic amines) is 1. The van der Waals surface area contributed by atoms with E-state index in [0.717, 1.165) is 102 Å². The molecule has 0 bridgehead atoms. The molecule has 10 nitrogen and oxygen atoms in total. The van der Waals surface area contributed by atoms with Gasteiger partial charge in [0.25, 0.3) is 0 Å². The molecule has 2 saturated heterocycles. The van der Waals surface area contributed by atoms with Crippen LogP contribution in [-0.2, 0) is 23.6 Å². The first-order chi connectivity index (χ1) is 22.0. The minimum absolute atomic E-state index is 0.0368. The summed E-state index contributed by atoms with van der Waals surface area (Å²) < 4.78 is 18.1. The summed E-state index contributed by atoms with van der Waals surface area (Å²) in [4.78, 5) is 19.9. The van der Waals surface area contributed by atoms with Gasteiger partial charge in [-0.1, -0.05) is 12.1 Å². The Labute approximate surface area is 269 Å². The fourth-order valence-corrected chi connectivity index (χ4v) is 8.02. The first kappa shape index (κ1) is 29.2. The minimum atomic E-state index is -0.485. The van der Waals surface area contributed by atoms with Gasteiger partial charge in [-0.05, 0) is 83.6 Å². The second-order valence-corrected chi connectivity index (χ2v) is 14.8. The number of carbonyl (C=O) groups excluding carboxylic acids is 1. The van der Waals surface area contributed by atoms with Crippen LogP contribution in [0.3, 0.4) is 0 Å². The Kier molecular flexibility index (Phi) is 6.62. The Morgan fingerprint density at radius 1 is 1.02 bits per heavy atom. The van der Waals surface area contributed by atoms with Gasteiger partial charge in [-0.25, -0.2) is 14.5 Å². The topological polar surface area (TPSA) is 92.2 Å². The van der Waals surface area contributed by atoms with Gasteiger partial charge in [0.2, 0.25) is 0 Å². The molecule has 5 aromatic rings. The molecule has 2 aliphatic heterocycles. The number of imidazole rings is 1. The number of rotatable bonds is 4. The first-order valence-corrected chi connectivity index (χ1v) is 16.6. The van der Waals surface area contributed by atoms with E-state index in [-0.39, 0.29) is 17.7 Å². The third kappa shape index (κ3) is 4.71.